The van der Waals surface area contributed by atoms with Crippen molar-refractivity contribution in [3.8, 4) is 0 Å². The minimum atomic E-state index is -0.115. The molecule has 0 unspecified atom stereocenters. The molecular weight excluding hydrogens is 280 g/mol. The lowest BCUT2D eigenvalue weighted by Crippen LogP contribution is -2.33. The second-order valence-corrected chi connectivity index (χ2v) is 5.12. The monoisotopic (exact) mass is 300 g/mol. The van der Waals surface area contributed by atoms with Gasteiger partial charge in [0, 0.05) is 25.6 Å². The zero-order chi connectivity index (χ0) is 15.9. The maximum atomic E-state index is 11.9. The van der Waals surface area contributed by atoms with E-state index >= 15 is 0 Å². The molecule has 1 N–H and O–H groups in total. The molecule has 0 atom stereocenters. The highest BCUT2D eigenvalue weighted by atomic mass is 16.3. The highest BCUT2D eigenvalue weighted by molar-refractivity contribution is 5.92. The Bertz CT molecular complexity index is 635. The van der Waals surface area contributed by atoms with Crippen LogP contribution in [-0.4, -0.2) is 18.4 Å². The first kappa shape index (κ1) is 15.8. The number of hydrogen-bond donors (Lipinski definition) is 1. The molecule has 0 radical (unpaired) electrons. The van der Waals surface area contributed by atoms with Crippen LogP contribution in [0.25, 0.3) is 0 Å². The van der Waals surface area contributed by atoms with Crippen LogP contribution in [0, 0.1) is 6.92 Å². The van der Waals surface area contributed by atoms with Gasteiger partial charge in [0.25, 0.3) is 0 Å². The van der Waals surface area contributed by atoms with Gasteiger partial charge in [-0.05, 0) is 36.8 Å². The Kier molecular flexibility index (Phi) is 5.36. The average Bonchev–Trinajstić information content (AvgIpc) is 2.98. The fourth-order valence-corrected chi connectivity index (χ4v) is 2.16. The van der Waals surface area contributed by atoms with Crippen molar-refractivity contribution in [2.75, 3.05) is 11.4 Å². The first-order chi connectivity index (χ1) is 10.6. The van der Waals surface area contributed by atoms with E-state index in [0.29, 0.717) is 18.8 Å². The second-order valence-electron chi connectivity index (χ2n) is 5.12. The van der Waals surface area contributed by atoms with Crippen LogP contribution in [0.4, 0.5) is 5.69 Å². The van der Waals surface area contributed by atoms with E-state index in [4.69, 9.17) is 4.42 Å². The zero-order valence-corrected chi connectivity index (χ0v) is 12.8. The van der Waals surface area contributed by atoms with E-state index in [2.05, 4.69) is 5.32 Å². The number of carbonyl (C=O) groups is 2. The lowest BCUT2D eigenvalue weighted by atomic mass is 10.2. The molecule has 1 aromatic carbocycles. The zero-order valence-electron chi connectivity index (χ0n) is 12.8. The van der Waals surface area contributed by atoms with Crippen molar-refractivity contribution in [2.24, 2.45) is 0 Å². The van der Waals surface area contributed by atoms with Crippen LogP contribution in [0.5, 0.6) is 0 Å². The molecule has 0 aliphatic rings. The molecule has 1 aromatic heterocycles. The van der Waals surface area contributed by atoms with Gasteiger partial charge in [-0.15, -0.1) is 0 Å². The number of amides is 2. The topological polar surface area (TPSA) is 62.6 Å². The summed E-state index contributed by atoms with van der Waals surface area (Å²) in [5, 5.41) is 2.77. The van der Waals surface area contributed by atoms with Crippen LogP contribution in [0.3, 0.4) is 0 Å². The van der Waals surface area contributed by atoms with Crippen molar-refractivity contribution in [1.29, 1.82) is 0 Å². The normalized spacial score (nSPS) is 10.3. The molecule has 1 heterocycles. The predicted octanol–water partition coefficient (Wildman–Crippen LogP) is 2.65. The fraction of sp³-hybridized carbons (Fsp3) is 0.294. The molecule has 2 rings (SSSR count). The molecule has 22 heavy (non-hydrogen) atoms. The van der Waals surface area contributed by atoms with Gasteiger partial charge in [0.05, 0.1) is 12.8 Å². The minimum Gasteiger partial charge on any atom is -0.467 e. The number of nitrogens with one attached hydrogen (secondary N) is 1. The standard InChI is InChI=1S/C17H20N2O3/c1-13-5-3-6-15(11-13)19(14(2)20)9-8-17(21)18-12-16-7-4-10-22-16/h3-7,10-11H,8-9,12H2,1-2H3,(H,18,21). The molecule has 2 aromatic rings. The molecule has 0 fully saturated rings. The van der Waals surface area contributed by atoms with E-state index in [-0.39, 0.29) is 18.2 Å². The molecule has 5 nitrogen and oxygen atoms in total. The van der Waals surface area contributed by atoms with Gasteiger partial charge < -0.3 is 14.6 Å². The Morgan fingerprint density at radius 1 is 1.23 bits per heavy atom. The number of nitrogens with zero attached hydrogens (tertiary/aromatic N) is 1. The van der Waals surface area contributed by atoms with Gasteiger partial charge in [-0.25, -0.2) is 0 Å². The first-order valence-corrected chi connectivity index (χ1v) is 7.20. The molecule has 5 heteroatoms. The molecule has 2 amide bonds. The highest BCUT2D eigenvalue weighted by Gasteiger charge is 2.13. The van der Waals surface area contributed by atoms with Crippen molar-refractivity contribution < 1.29 is 14.0 Å². The number of aryl methyl sites for hydroxylation is 1. The molecule has 0 bridgehead atoms. The molecule has 0 saturated carbocycles. The number of furan rings is 1. The summed E-state index contributed by atoms with van der Waals surface area (Å²) in [6, 6.07) is 11.2. The second kappa shape index (κ2) is 7.45. The third kappa shape index (κ3) is 4.48. The van der Waals surface area contributed by atoms with Crippen molar-refractivity contribution in [1.82, 2.24) is 5.32 Å². The van der Waals surface area contributed by atoms with E-state index in [1.165, 1.54) is 6.92 Å². The van der Waals surface area contributed by atoms with E-state index in [1.54, 1.807) is 23.3 Å². The van der Waals surface area contributed by atoms with Gasteiger partial charge in [-0.1, -0.05) is 12.1 Å². The van der Waals surface area contributed by atoms with Crippen molar-refractivity contribution in [3.05, 3.63) is 54.0 Å². The van der Waals surface area contributed by atoms with Crippen LogP contribution in [0.1, 0.15) is 24.7 Å². The Labute approximate surface area is 129 Å². The molecule has 0 saturated heterocycles. The van der Waals surface area contributed by atoms with Gasteiger partial charge in [0.1, 0.15) is 5.76 Å². The lowest BCUT2D eigenvalue weighted by molar-refractivity contribution is -0.121. The molecular formula is C17H20N2O3. The summed E-state index contributed by atoms with van der Waals surface area (Å²) in [5.74, 6) is 0.509. The van der Waals surface area contributed by atoms with Gasteiger partial charge >= 0.3 is 0 Å². The van der Waals surface area contributed by atoms with Crippen LogP contribution in [-0.2, 0) is 16.1 Å². The molecule has 0 spiro atoms. The summed E-state index contributed by atoms with van der Waals surface area (Å²) >= 11 is 0. The first-order valence-electron chi connectivity index (χ1n) is 7.20. The number of carbonyl (C=O) groups excluding carboxylic acids is 2. The predicted molar refractivity (Wildman–Crippen MR) is 84.4 cm³/mol. The van der Waals surface area contributed by atoms with Crippen LogP contribution in [0.15, 0.2) is 47.1 Å². The Balaban J connectivity index is 1.89. The summed E-state index contributed by atoms with van der Waals surface area (Å²) in [4.78, 5) is 25.3. The maximum absolute atomic E-state index is 11.9. The maximum Gasteiger partial charge on any atom is 0.223 e. The highest BCUT2D eigenvalue weighted by Crippen LogP contribution is 2.16. The Morgan fingerprint density at radius 3 is 2.68 bits per heavy atom. The number of benzene rings is 1. The van der Waals surface area contributed by atoms with Gasteiger partial charge in [-0.3, -0.25) is 9.59 Å². The van der Waals surface area contributed by atoms with Gasteiger partial charge in [-0.2, -0.15) is 0 Å². The minimum absolute atomic E-state index is 0.0792. The van der Waals surface area contributed by atoms with Gasteiger partial charge in [0.15, 0.2) is 0 Å². The van der Waals surface area contributed by atoms with E-state index in [1.807, 2.05) is 31.2 Å². The quantitative estimate of drug-likeness (QED) is 0.892. The molecule has 116 valence electrons. The third-order valence-corrected chi connectivity index (χ3v) is 3.30. The summed E-state index contributed by atoms with van der Waals surface area (Å²) in [7, 11) is 0. The average molecular weight is 300 g/mol. The van der Waals surface area contributed by atoms with Crippen LogP contribution >= 0.6 is 0 Å². The molecule has 0 aliphatic heterocycles. The summed E-state index contributed by atoms with van der Waals surface area (Å²) in [5.41, 5.74) is 1.89. The Morgan fingerprint density at radius 2 is 2.05 bits per heavy atom. The third-order valence-electron chi connectivity index (χ3n) is 3.30. The van der Waals surface area contributed by atoms with E-state index < -0.39 is 0 Å². The van der Waals surface area contributed by atoms with Crippen LogP contribution in [0.2, 0.25) is 0 Å². The van der Waals surface area contributed by atoms with E-state index in [9.17, 15) is 9.59 Å². The summed E-state index contributed by atoms with van der Waals surface area (Å²) in [6.45, 7) is 4.18. The number of anilines is 1. The SMILES string of the molecule is CC(=O)N(CCC(=O)NCc1ccco1)c1cccc(C)c1. The van der Waals surface area contributed by atoms with E-state index in [0.717, 1.165) is 11.3 Å². The smallest absolute Gasteiger partial charge is 0.223 e. The van der Waals surface area contributed by atoms with Gasteiger partial charge in [0.2, 0.25) is 11.8 Å². The summed E-state index contributed by atoms with van der Waals surface area (Å²) < 4.78 is 5.15. The Hall–Kier alpha value is -2.56. The largest absolute Gasteiger partial charge is 0.467 e. The molecule has 0 aliphatic carbocycles. The number of hydrogen-bond acceptors (Lipinski definition) is 3. The lowest BCUT2D eigenvalue weighted by Gasteiger charge is -2.21. The van der Waals surface area contributed by atoms with Crippen molar-refractivity contribution in [2.45, 2.75) is 26.8 Å². The van der Waals surface area contributed by atoms with Crippen molar-refractivity contribution >= 4 is 17.5 Å². The van der Waals surface area contributed by atoms with Crippen LogP contribution < -0.4 is 10.2 Å². The number of rotatable bonds is 6. The van der Waals surface area contributed by atoms with Crippen molar-refractivity contribution in [3.63, 3.8) is 0 Å². The summed E-state index contributed by atoms with van der Waals surface area (Å²) in [6.07, 6.45) is 1.81. The fourth-order valence-electron chi connectivity index (χ4n) is 2.16.